The first-order valence-corrected chi connectivity index (χ1v) is 7.11. The predicted octanol–water partition coefficient (Wildman–Crippen LogP) is 1.52. The van der Waals surface area contributed by atoms with Gasteiger partial charge in [-0.3, -0.25) is 9.59 Å². The third-order valence-corrected chi connectivity index (χ3v) is 3.83. The molecule has 0 aliphatic carbocycles. The summed E-state index contributed by atoms with van der Waals surface area (Å²) < 4.78 is 0. The highest BCUT2D eigenvalue weighted by molar-refractivity contribution is 5.82. The van der Waals surface area contributed by atoms with Crippen LogP contribution in [-0.2, 0) is 9.59 Å². The van der Waals surface area contributed by atoms with Crippen LogP contribution in [0.15, 0.2) is 0 Å². The molecular weight excluding hydrogens is 244 g/mol. The molecule has 0 radical (unpaired) electrons. The van der Waals surface area contributed by atoms with Crippen LogP contribution >= 0.6 is 0 Å². The molecule has 1 fully saturated rings. The normalized spacial score (nSPS) is 23.9. The van der Waals surface area contributed by atoms with Gasteiger partial charge in [-0.05, 0) is 45.6 Å². The third kappa shape index (κ3) is 5.59. The van der Waals surface area contributed by atoms with E-state index < -0.39 is 11.5 Å². The van der Waals surface area contributed by atoms with Crippen LogP contribution in [0.3, 0.4) is 0 Å². The van der Waals surface area contributed by atoms with E-state index >= 15 is 0 Å². The fraction of sp³-hybridized carbons (Fsp3) is 0.857. The average Bonchev–Trinajstić information content (AvgIpc) is 2.36. The molecule has 1 aliphatic heterocycles. The third-order valence-electron chi connectivity index (χ3n) is 3.83. The van der Waals surface area contributed by atoms with Crippen LogP contribution in [0, 0.1) is 5.92 Å². The van der Waals surface area contributed by atoms with Gasteiger partial charge in [-0.15, -0.1) is 0 Å². The van der Waals surface area contributed by atoms with Crippen molar-refractivity contribution in [1.29, 1.82) is 0 Å². The van der Waals surface area contributed by atoms with E-state index in [1.807, 2.05) is 13.8 Å². The number of carbonyl (C=O) groups is 2. The van der Waals surface area contributed by atoms with Crippen LogP contribution in [0.5, 0.6) is 0 Å². The highest BCUT2D eigenvalue weighted by Gasteiger charge is 2.29. The summed E-state index contributed by atoms with van der Waals surface area (Å²) in [5.74, 6) is -0.225. The molecule has 0 saturated carbocycles. The van der Waals surface area contributed by atoms with Gasteiger partial charge in [0.25, 0.3) is 0 Å². The van der Waals surface area contributed by atoms with Crippen molar-refractivity contribution in [3.63, 3.8) is 0 Å². The summed E-state index contributed by atoms with van der Waals surface area (Å²) in [5, 5.41) is 14.9. The molecule has 1 amide bonds. The summed E-state index contributed by atoms with van der Waals surface area (Å²) in [6, 6.07) is -0.136. The number of amides is 1. The van der Waals surface area contributed by atoms with Crippen molar-refractivity contribution in [2.45, 2.75) is 64.5 Å². The number of hydrogen-bond donors (Lipinski definition) is 3. The van der Waals surface area contributed by atoms with Crippen molar-refractivity contribution in [3.05, 3.63) is 0 Å². The number of piperidine rings is 1. The zero-order valence-electron chi connectivity index (χ0n) is 12.2. The first kappa shape index (κ1) is 16.0. The number of carboxylic acids is 1. The molecule has 2 atom stereocenters. The highest BCUT2D eigenvalue weighted by atomic mass is 16.4. The molecule has 2 unspecified atom stereocenters. The van der Waals surface area contributed by atoms with Crippen molar-refractivity contribution >= 4 is 11.9 Å². The summed E-state index contributed by atoms with van der Waals surface area (Å²) in [6.45, 7) is 6.77. The van der Waals surface area contributed by atoms with Gasteiger partial charge in [-0.1, -0.05) is 13.3 Å². The van der Waals surface area contributed by atoms with Crippen molar-refractivity contribution in [3.8, 4) is 0 Å². The van der Waals surface area contributed by atoms with Gasteiger partial charge in [0, 0.05) is 12.0 Å². The average molecular weight is 270 g/mol. The largest absolute Gasteiger partial charge is 0.481 e. The van der Waals surface area contributed by atoms with E-state index in [0.717, 1.165) is 25.8 Å². The highest BCUT2D eigenvalue weighted by Crippen LogP contribution is 2.20. The van der Waals surface area contributed by atoms with Gasteiger partial charge < -0.3 is 15.7 Å². The Balaban J connectivity index is 2.46. The molecule has 0 aromatic carbocycles. The van der Waals surface area contributed by atoms with Crippen LogP contribution in [0.1, 0.15) is 52.9 Å². The van der Waals surface area contributed by atoms with Gasteiger partial charge in [-0.2, -0.15) is 0 Å². The first-order valence-electron chi connectivity index (χ1n) is 7.11. The second kappa shape index (κ2) is 6.89. The molecule has 1 rings (SSSR count). The standard InChI is InChI=1S/C14H26N2O3/c1-4-10-6-8-15-11(9-10)13(19)16-14(2,3)7-5-12(17)18/h10-11,15H,4-9H2,1-3H3,(H,16,19)(H,17,18). The summed E-state index contributed by atoms with van der Waals surface area (Å²) >= 11 is 0. The zero-order valence-corrected chi connectivity index (χ0v) is 12.2. The van der Waals surface area contributed by atoms with Gasteiger partial charge in [-0.25, -0.2) is 0 Å². The first-order chi connectivity index (χ1) is 8.84. The quantitative estimate of drug-likeness (QED) is 0.684. The molecule has 110 valence electrons. The van der Waals surface area contributed by atoms with Gasteiger partial charge in [0.05, 0.1) is 6.04 Å². The lowest BCUT2D eigenvalue weighted by molar-refractivity contribution is -0.138. The minimum Gasteiger partial charge on any atom is -0.481 e. The van der Waals surface area contributed by atoms with E-state index in [9.17, 15) is 9.59 Å². The summed E-state index contributed by atoms with van der Waals surface area (Å²) in [4.78, 5) is 22.8. The van der Waals surface area contributed by atoms with Crippen LogP contribution in [0.25, 0.3) is 0 Å². The Labute approximate surface area is 115 Å². The van der Waals surface area contributed by atoms with Crippen LogP contribution in [0.4, 0.5) is 0 Å². The molecule has 0 aromatic heterocycles. The predicted molar refractivity (Wildman–Crippen MR) is 73.9 cm³/mol. The molecular formula is C14H26N2O3. The Morgan fingerprint density at radius 2 is 2.11 bits per heavy atom. The van der Waals surface area contributed by atoms with Gasteiger partial charge in [0.1, 0.15) is 0 Å². The molecule has 5 heteroatoms. The van der Waals surface area contributed by atoms with Gasteiger partial charge in [0.15, 0.2) is 0 Å². The monoisotopic (exact) mass is 270 g/mol. The summed E-state index contributed by atoms with van der Waals surface area (Å²) in [5.41, 5.74) is -0.476. The second-order valence-corrected chi connectivity index (χ2v) is 6.07. The number of carboxylic acid groups (broad SMARTS) is 1. The Bertz CT molecular complexity index is 329. The van der Waals surface area contributed by atoms with Gasteiger partial charge >= 0.3 is 5.97 Å². The second-order valence-electron chi connectivity index (χ2n) is 6.07. The molecule has 1 heterocycles. The SMILES string of the molecule is CCC1CCNC(C(=O)NC(C)(C)CCC(=O)O)C1. The fourth-order valence-electron chi connectivity index (χ4n) is 2.47. The Morgan fingerprint density at radius 1 is 1.42 bits per heavy atom. The number of carbonyl (C=O) groups excluding carboxylic acids is 1. The van der Waals surface area contributed by atoms with Crippen molar-refractivity contribution in [2.75, 3.05) is 6.54 Å². The molecule has 5 nitrogen and oxygen atoms in total. The molecule has 1 saturated heterocycles. The van der Waals surface area contributed by atoms with Crippen molar-refractivity contribution in [2.24, 2.45) is 5.92 Å². The van der Waals surface area contributed by atoms with Crippen LogP contribution in [0.2, 0.25) is 0 Å². The van der Waals surface area contributed by atoms with Crippen molar-refractivity contribution in [1.82, 2.24) is 10.6 Å². The summed E-state index contributed by atoms with van der Waals surface area (Å²) in [7, 11) is 0. The maximum atomic E-state index is 12.2. The lowest BCUT2D eigenvalue weighted by Gasteiger charge is -2.33. The number of nitrogens with one attached hydrogen (secondary N) is 2. The Morgan fingerprint density at radius 3 is 2.68 bits per heavy atom. The molecule has 0 bridgehead atoms. The Hall–Kier alpha value is -1.10. The number of aliphatic carboxylic acids is 1. The summed E-state index contributed by atoms with van der Waals surface area (Å²) in [6.07, 6.45) is 3.62. The number of rotatable bonds is 6. The molecule has 0 aromatic rings. The fourth-order valence-corrected chi connectivity index (χ4v) is 2.47. The minimum absolute atomic E-state index is 0.00598. The van der Waals surface area contributed by atoms with Crippen LogP contribution in [-0.4, -0.2) is 35.1 Å². The van der Waals surface area contributed by atoms with E-state index in [4.69, 9.17) is 5.11 Å². The lowest BCUT2D eigenvalue weighted by Crippen LogP contribution is -2.54. The van der Waals surface area contributed by atoms with Gasteiger partial charge in [0.2, 0.25) is 5.91 Å². The van der Waals surface area contributed by atoms with Crippen LogP contribution < -0.4 is 10.6 Å². The topological polar surface area (TPSA) is 78.4 Å². The lowest BCUT2D eigenvalue weighted by atomic mass is 9.89. The molecule has 3 N–H and O–H groups in total. The smallest absolute Gasteiger partial charge is 0.303 e. The molecule has 19 heavy (non-hydrogen) atoms. The van der Waals surface area contributed by atoms with E-state index in [2.05, 4.69) is 17.6 Å². The maximum absolute atomic E-state index is 12.2. The molecule has 1 aliphatic rings. The van der Waals surface area contributed by atoms with E-state index in [1.54, 1.807) is 0 Å². The Kier molecular flexibility index (Phi) is 5.79. The van der Waals surface area contributed by atoms with E-state index in [-0.39, 0.29) is 18.4 Å². The minimum atomic E-state index is -0.829. The van der Waals surface area contributed by atoms with Crippen molar-refractivity contribution < 1.29 is 14.7 Å². The van der Waals surface area contributed by atoms with E-state index in [1.165, 1.54) is 0 Å². The maximum Gasteiger partial charge on any atom is 0.303 e. The number of hydrogen-bond acceptors (Lipinski definition) is 3. The van der Waals surface area contributed by atoms with E-state index in [0.29, 0.717) is 12.3 Å². The molecule has 0 spiro atoms. The zero-order chi connectivity index (χ0) is 14.5.